The first kappa shape index (κ1) is 6.90. The van der Waals surface area contributed by atoms with Gasteiger partial charge in [0.05, 0.1) is 0 Å². The first-order valence-corrected chi connectivity index (χ1v) is 3.74. The van der Waals surface area contributed by atoms with E-state index in [-0.39, 0.29) is 5.08 Å². The summed E-state index contributed by atoms with van der Waals surface area (Å²) in [6, 6.07) is 0. The number of thiol groups is 2. The van der Waals surface area contributed by atoms with Crippen molar-refractivity contribution in [2.75, 3.05) is 0 Å². The molecule has 0 aliphatic rings. The zero-order chi connectivity index (χ0) is 5.86. The van der Waals surface area contributed by atoms with Crippen LogP contribution in [0, 0.1) is 5.08 Å². The lowest BCUT2D eigenvalue weighted by molar-refractivity contribution is 0.613. The van der Waals surface area contributed by atoms with Crippen molar-refractivity contribution in [3.8, 4) is 0 Å². The molecule has 0 saturated heterocycles. The minimum atomic E-state index is -2.86. The highest BCUT2D eigenvalue weighted by Crippen LogP contribution is 1.71. The van der Waals surface area contributed by atoms with Crippen LogP contribution in [0.2, 0.25) is 0 Å². The van der Waals surface area contributed by atoms with Crippen LogP contribution in [0.4, 0.5) is 0 Å². The summed E-state index contributed by atoms with van der Waals surface area (Å²) in [6.07, 6.45) is 0. The molecule has 0 aromatic rings. The Morgan fingerprint density at radius 1 is 0.857 bits per heavy atom. The second-order valence-corrected chi connectivity index (χ2v) is 2.75. The van der Waals surface area contributed by atoms with Crippen molar-refractivity contribution < 1.29 is 16.8 Å². The Kier molecular flexibility index (Phi) is 2.93. The molecular formula is CH3O4S2. The minimum absolute atomic E-state index is 0.241. The van der Waals surface area contributed by atoms with Gasteiger partial charge in [0.15, 0.2) is 26.5 Å². The topological polar surface area (TPSA) is 68.3 Å². The normalized spacial score (nSPS) is 10.6. The molecule has 0 fully saturated rings. The van der Waals surface area contributed by atoms with Gasteiger partial charge >= 0.3 is 0 Å². The largest absolute Gasteiger partial charge is 0.230 e. The average Bonchev–Trinajstić information content (AvgIpc) is 1.27. The van der Waals surface area contributed by atoms with Crippen molar-refractivity contribution in [2.24, 2.45) is 0 Å². The molecule has 0 N–H and O–H groups in total. The summed E-state index contributed by atoms with van der Waals surface area (Å²) in [5.74, 6) is 0. The van der Waals surface area contributed by atoms with Gasteiger partial charge in [-0.3, -0.25) is 0 Å². The van der Waals surface area contributed by atoms with Crippen molar-refractivity contribution >= 4 is 21.4 Å². The molecule has 0 aromatic heterocycles. The van der Waals surface area contributed by atoms with E-state index in [2.05, 4.69) is 0 Å². The molecule has 0 spiro atoms. The Labute approximate surface area is 44.1 Å². The van der Waals surface area contributed by atoms with E-state index < -0.39 is 21.4 Å². The van der Waals surface area contributed by atoms with Crippen LogP contribution in [0.5, 0.6) is 0 Å². The number of hydrogen-bond acceptors (Lipinski definition) is 4. The quantitative estimate of drug-likeness (QED) is 0.453. The van der Waals surface area contributed by atoms with Gasteiger partial charge in [-0.05, 0) is 0 Å². The predicted molar refractivity (Wildman–Crippen MR) is 24.9 cm³/mol. The number of rotatable bonds is 2. The summed E-state index contributed by atoms with van der Waals surface area (Å²) in [5, 5.41) is 0.241. The van der Waals surface area contributed by atoms with E-state index in [4.69, 9.17) is 0 Å². The Hall–Kier alpha value is -0.100. The van der Waals surface area contributed by atoms with E-state index in [1.165, 1.54) is 0 Å². The summed E-state index contributed by atoms with van der Waals surface area (Å²) in [4.78, 5) is 0. The lowest BCUT2D eigenvalue weighted by Gasteiger charge is -1.64. The van der Waals surface area contributed by atoms with Gasteiger partial charge in [0.25, 0.3) is 0 Å². The van der Waals surface area contributed by atoms with Crippen LogP contribution >= 0.6 is 0 Å². The first-order valence-electron chi connectivity index (χ1n) is 1.25. The molecule has 0 saturated carbocycles. The van der Waals surface area contributed by atoms with Gasteiger partial charge in [0.1, 0.15) is 0 Å². The molecule has 6 heteroatoms. The number of hydrogen-bond donors (Lipinski definition) is 2. The minimum Gasteiger partial charge on any atom is -0.230 e. The fourth-order valence-electron chi connectivity index (χ4n) is 0.0770. The van der Waals surface area contributed by atoms with E-state index in [0.717, 1.165) is 0 Å². The van der Waals surface area contributed by atoms with Crippen LogP contribution < -0.4 is 0 Å². The fraction of sp³-hybridized carbons (Fsp3) is 0. The Morgan fingerprint density at radius 2 is 1.14 bits per heavy atom. The third-order valence-electron chi connectivity index (χ3n) is 0.189. The molecule has 0 atom stereocenters. The lowest BCUT2D eigenvalue weighted by atomic mass is 11.9. The Balaban J connectivity index is 3.77. The average molecular weight is 143 g/mol. The van der Waals surface area contributed by atoms with Crippen molar-refractivity contribution in [1.82, 2.24) is 0 Å². The van der Waals surface area contributed by atoms with Gasteiger partial charge in [-0.25, -0.2) is 16.8 Å². The molecule has 1 radical (unpaired) electrons. The Morgan fingerprint density at radius 3 is 1.14 bits per heavy atom. The summed E-state index contributed by atoms with van der Waals surface area (Å²) >= 11 is 0. The van der Waals surface area contributed by atoms with Crippen molar-refractivity contribution in [3.05, 3.63) is 5.08 Å². The zero-order valence-corrected chi connectivity index (χ0v) is 4.89. The van der Waals surface area contributed by atoms with E-state index in [9.17, 15) is 16.8 Å². The van der Waals surface area contributed by atoms with E-state index in [0.29, 0.717) is 0 Å². The highest BCUT2D eigenvalue weighted by Gasteiger charge is 1.85. The van der Waals surface area contributed by atoms with Crippen molar-refractivity contribution in [3.63, 3.8) is 0 Å². The zero-order valence-electron chi connectivity index (χ0n) is 3.10. The van der Waals surface area contributed by atoms with Crippen LogP contribution in [-0.2, 0) is 21.4 Å². The predicted octanol–water partition coefficient (Wildman–Crippen LogP) is -1.67. The molecule has 7 heavy (non-hydrogen) atoms. The molecule has 43 valence electrons. The van der Waals surface area contributed by atoms with E-state index in [1.807, 2.05) is 0 Å². The SMILES string of the molecule is O=[SH](=O)[CH][SH](=O)=O. The maximum atomic E-state index is 9.41. The smallest absolute Gasteiger partial charge is 0.188 e. The molecular weight excluding hydrogens is 140 g/mol. The maximum absolute atomic E-state index is 9.41. The molecule has 0 aliphatic carbocycles. The third-order valence-corrected chi connectivity index (χ3v) is 1.70. The van der Waals surface area contributed by atoms with Gasteiger partial charge < -0.3 is 0 Å². The molecule has 0 aromatic carbocycles. The summed E-state index contributed by atoms with van der Waals surface area (Å²) in [5.41, 5.74) is 0. The Bertz CT molecular complexity index is 138. The molecule has 0 heterocycles. The lowest BCUT2D eigenvalue weighted by Crippen LogP contribution is -1.77. The molecule has 0 unspecified atom stereocenters. The molecule has 0 bridgehead atoms. The van der Waals surface area contributed by atoms with Gasteiger partial charge in [0, 0.05) is 0 Å². The summed E-state index contributed by atoms with van der Waals surface area (Å²) < 4.78 is 37.6. The van der Waals surface area contributed by atoms with Crippen molar-refractivity contribution in [2.45, 2.75) is 0 Å². The van der Waals surface area contributed by atoms with Gasteiger partial charge in [-0.2, -0.15) is 0 Å². The van der Waals surface area contributed by atoms with Gasteiger partial charge in [-0.15, -0.1) is 0 Å². The van der Waals surface area contributed by atoms with Crippen molar-refractivity contribution in [1.29, 1.82) is 0 Å². The monoisotopic (exact) mass is 143 g/mol. The molecule has 0 aliphatic heterocycles. The first-order chi connectivity index (χ1) is 3.13. The highest BCUT2D eigenvalue weighted by molar-refractivity contribution is 7.93. The van der Waals surface area contributed by atoms with Crippen LogP contribution in [0.1, 0.15) is 0 Å². The maximum Gasteiger partial charge on any atom is 0.188 e. The second-order valence-electron chi connectivity index (χ2n) is 0.686. The molecule has 4 nitrogen and oxygen atoms in total. The van der Waals surface area contributed by atoms with Gasteiger partial charge in [0.2, 0.25) is 0 Å². The summed E-state index contributed by atoms with van der Waals surface area (Å²) in [7, 11) is -5.72. The molecule has 0 amide bonds. The molecule has 0 rings (SSSR count). The van der Waals surface area contributed by atoms with Crippen LogP contribution in [-0.4, -0.2) is 16.8 Å². The van der Waals surface area contributed by atoms with Crippen LogP contribution in [0.3, 0.4) is 0 Å². The third kappa shape index (κ3) is 5.90. The summed E-state index contributed by atoms with van der Waals surface area (Å²) in [6.45, 7) is 0. The van der Waals surface area contributed by atoms with Crippen LogP contribution in [0.25, 0.3) is 0 Å². The second kappa shape index (κ2) is 2.98. The fourth-order valence-corrected chi connectivity index (χ4v) is 0.693. The standard InChI is InChI=1S/CH3O4S2/c2-6(3)1-7(4)5/h1,6-7H. The van der Waals surface area contributed by atoms with E-state index >= 15 is 0 Å². The van der Waals surface area contributed by atoms with Gasteiger partial charge in [-0.1, -0.05) is 0 Å². The van der Waals surface area contributed by atoms with Crippen LogP contribution in [0.15, 0.2) is 0 Å². The highest BCUT2D eigenvalue weighted by atomic mass is 32.2. The van der Waals surface area contributed by atoms with E-state index in [1.54, 1.807) is 0 Å².